The molecule has 0 aliphatic carbocycles. The lowest BCUT2D eigenvalue weighted by molar-refractivity contribution is -0.123. The number of para-hydroxylation sites is 1. The van der Waals surface area contributed by atoms with Crippen molar-refractivity contribution in [3.63, 3.8) is 0 Å². The summed E-state index contributed by atoms with van der Waals surface area (Å²) in [7, 11) is 1.86. The average molecular weight is 261 g/mol. The Hall–Kier alpha value is -2.04. The van der Waals surface area contributed by atoms with Gasteiger partial charge in [-0.25, -0.2) is 0 Å². The fourth-order valence-electron chi connectivity index (χ4n) is 1.79. The van der Waals surface area contributed by atoms with E-state index in [-0.39, 0.29) is 12.5 Å². The fourth-order valence-corrected chi connectivity index (χ4v) is 1.79. The van der Waals surface area contributed by atoms with Crippen LogP contribution >= 0.6 is 0 Å². The molecule has 19 heavy (non-hydrogen) atoms. The number of fused-ring (bicyclic) bond motifs is 1. The number of carbonyl (C=O) groups is 1. The third kappa shape index (κ3) is 3.24. The molecule has 2 aromatic rings. The summed E-state index contributed by atoms with van der Waals surface area (Å²) in [5, 5.41) is 8.00. The number of aryl methyl sites for hydroxylation is 1. The Morgan fingerprint density at radius 2 is 2.16 bits per heavy atom. The lowest BCUT2D eigenvalue weighted by Crippen LogP contribution is -2.31. The van der Waals surface area contributed by atoms with Crippen LogP contribution in [-0.4, -0.2) is 28.8 Å². The molecule has 1 N–H and O–H groups in total. The highest BCUT2D eigenvalue weighted by atomic mass is 16.5. The second-order valence-corrected chi connectivity index (χ2v) is 4.93. The number of hydrogen-bond acceptors (Lipinski definition) is 3. The first kappa shape index (κ1) is 13.4. The second-order valence-electron chi connectivity index (χ2n) is 4.93. The van der Waals surface area contributed by atoms with Crippen LogP contribution in [0.5, 0.6) is 5.88 Å². The van der Waals surface area contributed by atoms with Gasteiger partial charge in [0.1, 0.15) is 0 Å². The average Bonchev–Trinajstić information content (AvgIpc) is 2.71. The minimum absolute atomic E-state index is 0.00622. The van der Waals surface area contributed by atoms with E-state index >= 15 is 0 Å². The van der Waals surface area contributed by atoms with E-state index in [2.05, 4.69) is 10.4 Å². The smallest absolute Gasteiger partial charge is 0.258 e. The Labute approximate surface area is 112 Å². The Balaban J connectivity index is 2.00. The Kier molecular flexibility index (Phi) is 4.04. The van der Waals surface area contributed by atoms with Crippen molar-refractivity contribution >= 4 is 16.8 Å². The second kappa shape index (κ2) is 5.73. The molecule has 2 rings (SSSR count). The van der Waals surface area contributed by atoms with Gasteiger partial charge in [0, 0.05) is 13.6 Å². The van der Waals surface area contributed by atoms with Crippen LogP contribution in [0, 0.1) is 5.92 Å². The molecule has 0 saturated carbocycles. The molecule has 1 aromatic carbocycles. The molecule has 0 unspecified atom stereocenters. The van der Waals surface area contributed by atoms with Gasteiger partial charge >= 0.3 is 0 Å². The molecule has 5 nitrogen and oxygen atoms in total. The molecule has 0 saturated heterocycles. The zero-order valence-corrected chi connectivity index (χ0v) is 11.5. The normalized spacial score (nSPS) is 10.9. The van der Waals surface area contributed by atoms with Crippen molar-refractivity contribution in [1.29, 1.82) is 0 Å². The molecule has 0 aliphatic rings. The van der Waals surface area contributed by atoms with Crippen molar-refractivity contribution in [2.24, 2.45) is 13.0 Å². The number of aromatic nitrogens is 2. The van der Waals surface area contributed by atoms with Gasteiger partial charge in [-0.2, -0.15) is 0 Å². The monoisotopic (exact) mass is 261 g/mol. The minimum atomic E-state index is -0.122. The first-order chi connectivity index (χ1) is 9.08. The predicted molar refractivity (Wildman–Crippen MR) is 74.1 cm³/mol. The van der Waals surface area contributed by atoms with Crippen molar-refractivity contribution in [2.45, 2.75) is 13.8 Å². The summed E-state index contributed by atoms with van der Waals surface area (Å²) in [4.78, 5) is 11.6. The summed E-state index contributed by atoms with van der Waals surface area (Å²) in [6.07, 6.45) is 0. The van der Waals surface area contributed by atoms with Crippen LogP contribution in [0.4, 0.5) is 0 Å². The van der Waals surface area contributed by atoms with E-state index in [0.29, 0.717) is 18.3 Å². The van der Waals surface area contributed by atoms with Crippen molar-refractivity contribution in [1.82, 2.24) is 15.1 Å². The van der Waals surface area contributed by atoms with E-state index < -0.39 is 0 Å². The van der Waals surface area contributed by atoms with Crippen LogP contribution in [0.2, 0.25) is 0 Å². The number of nitrogens with zero attached hydrogens (tertiary/aromatic N) is 2. The topological polar surface area (TPSA) is 56.1 Å². The van der Waals surface area contributed by atoms with Gasteiger partial charge in [-0.1, -0.05) is 26.0 Å². The van der Waals surface area contributed by atoms with E-state index in [1.807, 2.05) is 45.2 Å². The fraction of sp³-hybridized carbons (Fsp3) is 0.429. The Morgan fingerprint density at radius 3 is 2.89 bits per heavy atom. The molecule has 0 atom stereocenters. The summed E-state index contributed by atoms with van der Waals surface area (Å²) in [6, 6.07) is 7.77. The molecule has 0 bridgehead atoms. The third-order valence-corrected chi connectivity index (χ3v) is 2.77. The maximum Gasteiger partial charge on any atom is 0.258 e. The van der Waals surface area contributed by atoms with Crippen LogP contribution in [0.3, 0.4) is 0 Å². The molecule has 1 aromatic heterocycles. The molecule has 0 spiro atoms. The first-order valence-electron chi connectivity index (χ1n) is 6.39. The van der Waals surface area contributed by atoms with Crippen molar-refractivity contribution in [3.8, 4) is 5.88 Å². The van der Waals surface area contributed by atoms with E-state index in [1.54, 1.807) is 4.68 Å². The van der Waals surface area contributed by atoms with E-state index in [1.165, 1.54) is 0 Å². The van der Waals surface area contributed by atoms with Crippen LogP contribution in [0.15, 0.2) is 24.3 Å². The Morgan fingerprint density at radius 1 is 1.42 bits per heavy atom. The highest BCUT2D eigenvalue weighted by molar-refractivity contribution is 5.85. The van der Waals surface area contributed by atoms with Crippen molar-refractivity contribution in [3.05, 3.63) is 24.3 Å². The number of amides is 1. The number of nitrogens with one attached hydrogen (secondary N) is 1. The van der Waals surface area contributed by atoms with Crippen LogP contribution < -0.4 is 10.1 Å². The summed E-state index contributed by atoms with van der Waals surface area (Å²) in [5.74, 6) is 0.806. The maximum absolute atomic E-state index is 11.6. The van der Waals surface area contributed by atoms with Gasteiger partial charge < -0.3 is 10.1 Å². The minimum Gasteiger partial charge on any atom is -0.466 e. The third-order valence-electron chi connectivity index (χ3n) is 2.77. The molecule has 0 fully saturated rings. The van der Waals surface area contributed by atoms with Crippen molar-refractivity contribution in [2.75, 3.05) is 13.2 Å². The zero-order chi connectivity index (χ0) is 13.8. The summed E-state index contributed by atoms with van der Waals surface area (Å²) in [5.41, 5.74) is 0.986. The summed E-state index contributed by atoms with van der Waals surface area (Å²) >= 11 is 0. The predicted octanol–water partition coefficient (Wildman–Crippen LogP) is 1.72. The molecule has 102 valence electrons. The summed E-state index contributed by atoms with van der Waals surface area (Å²) in [6.45, 7) is 4.75. The van der Waals surface area contributed by atoms with E-state index in [9.17, 15) is 4.79 Å². The van der Waals surface area contributed by atoms with E-state index in [0.717, 1.165) is 10.9 Å². The summed E-state index contributed by atoms with van der Waals surface area (Å²) < 4.78 is 7.24. The maximum atomic E-state index is 11.6. The first-order valence-corrected chi connectivity index (χ1v) is 6.39. The van der Waals surface area contributed by atoms with Gasteiger partial charge in [-0.3, -0.25) is 9.48 Å². The molecule has 1 amide bonds. The molecular formula is C14H19N3O2. The SMILES string of the molecule is CC(C)CNC(=O)COc1nn(C)c2ccccc12. The number of carbonyl (C=O) groups excluding carboxylic acids is 1. The molecule has 0 aliphatic heterocycles. The van der Waals surface area contributed by atoms with Gasteiger partial charge in [0.25, 0.3) is 5.91 Å². The van der Waals surface area contributed by atoms with Crippen LogP contribution in [0.1, 0.15) is 13.8 Å². The lowest BCUT2D eigenvalue weighted by Gasteiger charge is -2.07. The van der Waals surface area contributed by atoms with Gasteiger partial charge in [0.15, 0.2) is 6.61 Å². The quantitative estimate of drug-likeness (QED) is 0.891. The number of ether oxygens (including phenoxy) is 1. The number of rotatable bonds is 5. The molecule has 0 radical (unpaired) electrons. The highest BCUT2D eigenvalue weighted by Crippen LogP contribution is 2.23. The van der Waals surface area contributed by atoms with Gasteiger partial charge in [0.2, 0.25) is 5.88 Å². The van der Waals surface area contributed by atoms with Crippen molar-refractivity contribution < 1.29 is 9.53 Å². The number of benzene rings is 1. The highest BCUT2D eigenvalue weighted by Gasteiger charge is 2.10. The lowest BCUT2D eigenvalue weighted by atomic mass is 10.2. The molecule has 5 heteroatoms. The number of hydrogen-bond donors (Lipinski definition) is 1. The van der Waals surface area contributed by atoms with Gasteiger partial charge in [-0.15, -0.1) is 5.10 Å². The molecule has 1 heterocycles. The molecular weight excluding hydrogens is 242 g/mol. The van der Waals surface area contributed by atoms with Crippen LogP contribution in [0.25, 0.3) is 10.9 Å². The van der Waals surface area contributed by atoms with Crippen LogP contribution in [-0.2, 0) is 11.8 Å². The van der Waals surface area contributed by atoms with Gasteiger partial charge in [-0.05, 0) is 18.1 Å². The largest absolute Gasteiger partial charge is 0.466 e. The standard InChI is InChI=1S/C14H19N3O2/c1-10(2)8-15-13(18)9-19-14-11-6-4-5-7-12(11)17(3)16-14/h4-7,10H,8-9H2,1-3H3,(H,15,18). The van der Waals surface area contributed by atoms with Gasteiger partial charge in [0.05, 0.1) is 10.9 Å². The van der Waals surface area contributed by atoms with E-state index in [4.69, 9.17) is 4.74 Å². The zero-order valence-electron chi connectivity index (χ0n) is 11.5. The Bertz CT molecular complexity index is 575.